The smallest absolute Gasteiger partial charge is 0.0992 e. The number of benzene rings is 13. The molecule has 0 amide bonds. The Balaban J connectivity index is 1.11. The summed E-state index contributed by atoms with van der Waals surface area (Å²) in [5, 5.41) is 27.0. The third kappa shape index (κ3) is 5.69. The van der Waals surface area contributed by atoms with Crippen LogP contribution in [-0.4, -0.2) is 4.57 Å². The molecule has 0 radical (unpaired) electrons. The quantitative estimate of drug-likeness (QED) is 0.125. The number of nitrogens with zero attached hydrogens (tertiary/aromatic N) is 2. The molecular formula is C65H38N2. The van der Waals surface area contributed by atoms with Crippen molar-refractivity contribution >= 4 is 86.4 Å². The maximum absolute atomic E-state index is 10.1. The molecular weight excluding hydrogens is 809 g/mol. The van der Waals surface area contributed by atoms with Crippen molar-refractivity contribution in [3.8, 4) is 56.3 Å². The third-order valence-corrected chi connectivity index (χ3v) is 14.3. The molecule has 0 fully saturated rings. The Morgan fingerprint density at radius 3 is 1.42 bits per heavy atom. The predicted molar refractivity (Wildman–Crippen MR) is 283 cm³/mol. The second kappa shape index (κ2) is 14.5. The number of aromatic nitrogens is 1. The summed E-state index contributed by atoms with van der Waals surface area (Å²) in [6.07, 6.45) is 0. The van der Waals surface area contributed by atoms with Gasteiger partial charge in [-0.1, -0.05) is 176 Å². The first-order chi connectivity index (χ1) is 33.2. The molecule has 13 aromatic carbocycles. The van der Waals surface area contributed by atoms with E-state index < -0.39 is 0 Å². The molecule has 0 atom stereocenters. The molecule has 0 unspecified atom stereocenters. The number of rotatable bonds is 5. The fourth-order valence-corrected chi connectivity index (χ4v) is 11.3. The van der Waals surface area contributed by atoms with E-state index in [2.05, 4.69) is 229 Å². The molecule has 0 spiro atoms. The van der Waals surface area contributed by atoms with Crippen molar-refractivity contribution in [1.82, 2.24) is 4.57 Å². The Morgan fingerprint density at radius 1 is 0.299 bits per heavy atom. The Labute approximate surface area is 386 Å². The van der Waals surface area contributed by atoms with E-state index in [1.54, 1.807) is 0 Å². The van der Waals surface area contributed by atoms with Crippen molar-refractivity contribution in [1.29, 1.82) is 5.26 Å². The summed E-state index contributed by atoms with van der Waals surface area (Å²) >= 11 is 0. The molecule has 67 heavy (non-hydrogen) atoms. The van der Waals surface area contributed by atoms with Gasteiger partial charge in [0.25, 0.3) is 0 Å². The monoisotopic (exact) mass is 846 g/mol. The predicted octanol–water partition coefficient (Wildman–Crippen LogP) is 17.7. The van der Waals surface area contributed by atoms with Crippen LogP contribution in [0.3, 0.4) is 0 Å². The normalized spacial score (nSPS) is 11.9. The Kier molecular flexibility index (Phi) is 8.08. The van der Waals surface area contributed by atoms with Gasteiger partial charge in [0, 0.05) is 16.5 Å². The summed E-state index contributed by atoms with van der Waals surface area (Å²) in [6.45, 7) is 0. The summed E-state index contributed by atoms with van der Waals surface area (Å²) < 4.78 is 2.34. The van der Waals surface area contributed by atoms with Gasteiger partial charge in [-0.05, 0) is 164 Å². The van der Waals surface area contributed by atoms with E-state index in [-0.39, 0.29) is 0 Å². The Morgan fingerprint density at radius 2 is 0.776 bits per heavy atom. The average molecular weight is 847 g/mol. The van der Waals surface area contributed by atoms with Crippen LogP contribution >= 0.6 is 0 Å². The largest absolute Gasteiger partial charge is 0.309 e. The lowest BCUT2D eigenvalue weighted by Crippen LogP contribution is -1.95. The van der Waals surface area contributed by atoms with Crippen molar-refractivity contribution in [2.24, 2.45) is 0 Å². The van der Waals surface area contributed by atoms with E-state index in [0.717, 1.165) is 33.2 Å². The fraction of sp³-hybridized carbons (Fsp3) is 0. The lowest BCUT2D eigenvalue weighted by atomic mass is 9.82. The number of fused-ring (bicyclic) bond motifs is 5. The first-order valence-corrected chi connectivity index (χ1v) is 23.0. The molecule has 0 aliphatic rings. The van der Waals surface area contributed by atoms with Crippen LogP contribution in [0.25, 0.3) is 137 Å². The van der Waals surface area contributed by atoms with E-state index in [4.69, 9.17) is 0 Å². The van der Waals surface area contributed by atoms with Crippen LogP contribution in [0.4, 0.5) is 0 Å². The van der Waals surface area contributed by atoms with Crippen molar-refractivity contribution in [2.75, 3.05) is 0 Å². The molecule has 14 aromatic rings. The van der Waals surface area contributed by atoms with Crippen LogP contribution in [0, 0.1) is 11.3 Å². The van der Waals surface area contributed by atoms with E-state index in [1.165, 1.54) is 103 Å². The summed E-state index contributed by atoms with van der Waals surface area (Å²) in [6, 6.07) is 87.0. The molecule has 0 saturated heterocycles. The van der Waals surface area contributed by atoms with E-state index >= 15 is 0 Å². The summed E-state index contributed by atoms with van der Waals surface area (Å²) in [5.74, 6) is 0. The van der Waals surface area contributed by atoms with Gasteiger partial charge in [0.15, 0.2) is 0 Å². The lowest BCUT2D eigenvalue weighted by Gasteiger charge is -2.21. The minimum atomic E-state index is 0.657. The number of hydrogen-bond donors (Lipinski definition) is 0. The maximum Gasteiger partial charge on any atom is 0.0992 e. The molecule has 0 aliphatic heterocycles. The SMILES string of the molecule is N#Cc1cc2ccc3cc(-c4ccc5c(-c6cccc7ccccc67)c6cc(-c7ccc8ccccc8c7)ccc6c(-c6cccc7ccccc67)c5c4)cc4c3c2c(c1)n4-c1ccccc1. The second-order valence-corrected chi connectivity index (χ2v) is 17.9. The molecule has 0 saturated carbocycles. The summed E-state index contributed by atoms with van der Waals surface area (Å²) in [4.78, 5) is 0. The molecule has 2 nitrogen and oxygen atoms in total. The molecule has 2 heteroatoms. The summed E-state index contributed by atoms with van der Waals surface area (Å²) in [5.41, 5.74) is 13.5. The van der Waals surface area contributed by atoms with Crippen LogP contribution in [0.5, 0.6) is 0 Å². The van der Waals surface area contributed by atoms with E-state index in [0.29, 0.717) is 5.56 Å². The second-order valence-electron chi connectivity index (χ2n) is 17.9. The van der Waals surface area contributed by atoms with Gasteiger partial charge in [-0.15, -0.1) is 0 Å². The number of nitriles is 1. The lowest BCUT2D eigenvalue weighted by molar-refractivity contribution is 1.18. The standard InChI is InChI=1S/C65H38N2/c66-39-40-32-48-26-27-49-35-50(38-61-63(49)62(48)60(33-40)67(61)51-18-2-1-3-19-51)47-29-31-57-59(37-47)65(55-23-11-17-43-14-7-9-21-53(43)55)56-30-28-46(45-25-24-41-12-4-5-15-44(41)34-45)36-58(56)64(57)54-22-10-16-42-13-6-8-20-52(42)54/h1-38H. The molecule has 14 rings (SSSR count). The first kappa shape index (κ1) is 37.4. The molecule has 0 aliphatic carbocycles. The van der Waals surface area contributed by atoms with E-state index in [1.807, 2.05) is 12.1 Å². The van der Waals surface area contributed by atoms with Gasteiger partial charge in [0.1, 0.15) is 0 Å². The molecule has 0 N–H and O–H groups in total. The third-order valence-electron chi connectivity index (χ3n) is 14.3. The minimum absolute atomic E-state index is 0.657. The van der Waals surface area contributed by atoms with Gasteiger partial charge in [0.2, 0.25) is 0 Å². The van der Waals surface area contributed by atoms with Crippen molar-refractivity contribution in [2.45, 2.75) is 0 Å². The Hall–Kier alpha value is -9.03. The van der Waals surface area contributed by atoms with Crippen LogP contribution in [-0.2, 0) is 0 Å². The topological polar surface area (TPSA) is 28.7 Å². The van der Waals surface area contributed by atoms with Crippen LogP contribution < -0.4 is 0 Å². The highest BCUT2D eigenvalue weighted by Crippen LogP contribution is 2.49. The van der Waals surface area contributed by atoms with Gasteiger partial charge in [-0.3, -0.25) is 0 Å². The molecule has 1 aromatic heterocycles. The van der Waals surface area contributed by atoms with Gasteiger partial charge in [0.05, 0.1) is 22.7 Å². The zero-order valence-electron chi connectivity index (χ0n) is 36.3. The highest BCUT2D eigenvalue weighted by atomic mass is 15.0. The number of para-hydroxylation sites is 1. The zero-order valence-corrected chi connectivity index (χ0v) is 36.3. The molecule has 1 heterocycles. The maximum atomic E-state index is 10.1. The van der Waals surface area contributed by atoms with Gasteiger partial charge < -0.3 is 4.57 Å². The van der Waals surface area contributed by atoms with Crippen molar-refractivity contribution < 1.29 is 0 Å². The average Bonchev–Trinajstić information content (AvgIpc) is 3.73. The van der Waals surface area contributed by atoms with E-state index in [9.17, 15) is 5.26 Å². The first-order valence-electron chi connectivity index (χ1n) is 23.0. The van der Waals surface area contributed by atoms with Gasteiger partial charge in [-0.25, -0.2) is 0 Å². The highest BCUT2D eigenvalue weighted by molar-refractivity contribution is 6.28. The van der Waals surface area contributed by atoms with Crippen LogP contribution in [0.15, 0.2) is 231 Å². The molecule has 308 valence electrons. The number of hydrogen-bond acceptors (Lipinski definition) is 1. The van der Waals surface area contributed by atoms with Crippen LogP contribution in [0.2, 0.25) is 0 Å². The fourth-order valence-electron chi connectivity index (χ4n) is 11.3. The minimum Gasteiger partial charge on any atom is -0.309 e. The van der Waals surface area contributed by atoms with Crippen molar-refractivity contribution in [3.05, 3.63) is 236 Å². The molecule has 0 bridgehead atoms. The van der Waals surface area contributed by atoms with Crippen LogP contribution in [0.1, 0.15) is 5.56 Å². The zero-order chi connectivity index (χ0) is 44.2. The highest BCUT2D eigenvalue weighted by Gasteiger charge is 2.23. The van der Waals surface area contributed by atoms with Gasteiger partial charge >= 0.3 is 0 Å². The Bertz CT molecular complexity index is 4380. The van der Waals surface area contributed by atoms with Gasteiger partial charge in [-0.2, -0.15) is 5.26 Å². The van der Waals surface area contributed by atoms with Crippen molar-refractivity contribution in [3.63, 3.8) is 0 Å². The summed E-state index contributed by atoms with van der Waals surface area (Å²) in [7, 11) is 0.